The number of H-pyrrole nitrogens is 1. The van der Waals surface area contributed by atoms with Crippen molar-refractivity contribution < 1.29 is 12.8 Å². The summed E-state index contributed by atoms with van der Waals surface area (Å²) in [5, 5.41) is 0. The van der Waals surface area contributed by atoms with E-state index in [4.69, 9.17) is 0 Å². The Morgan fingerprint density at radius 3 is 2.77 bits per heavy atom. The normalized spacial score (nSPS) is 18.1. The van der Waals surface area contributed by atoms with Crippen LogP contribution < -0.4 is 0 Å². The summed E-state index contributed by atoms with van der Waals surface area (Å²) >= 11 is 0. The van der Waals surface area contributed by atoms with Crippen molar-refractivity contribution >= 4 is 20.9 Å². The van der Waals surface area contributed by atoms with Crippen molar-refractivity contribution in [3.8, 4) is 0 Å². The zero-order valence-corrected chi connectivity index (χ0v) is 13.4. The van der Waals surface area contributed by atoms with Crippen LogP contribution in [0, 0.1) is 5.82 Å². The molecule has 0 radical (unpaired) electrons. The summed E-state index contributed by atoms with van der Waals surface area (Å²) in [6, 6.07) is 4.57. The van der Waals surface area contributed by atoms with Crippen LogP contribution in [0.5, 0.6) is 0 Å². The van der Waals surface area contributed by atoms with Gasteiger partial charge in [0.1, 0.15) is 21.5 Å². The molecule has 0 aliphatic carbocycles. The van der Waals surface area contributed by atoms with Crippen molar-refractivity contribution in [3.63, 3.8) is 0 Å². The maximum atomic E-state index is 13.2. The largest absolute Gasteiger partial charge is 0.342 e. The molecule has 22 heavy (non-hydrogen) atoms. The maximum Gasteiger partial charge on any atom is 0.148 e. The third-order valence-corrected chi connectivity index (χ3v) is 5.14. The van der Waals surface area contributed by atoms with Gasteiger partial charge in [0.15, 0.2) is 0 Å². The van der Waals surface area contributed by atoms with E-state index in [9.17, 15) is 12.8 Å². The quantitative estimate of drug-likeness (QED) is 0.933. The van der Waals surface area contributed by atoms with E-state index in [0.29, 0.717) is 12.5 Å². The number of piperidine rings is 1. The monoisotopic (exact) mass is 325 g/mol. The molecule has 2 heterocycles. The fourth-order valence-electron chi connectivity index (χ4n) is 2.92. The zero-order valence-electron chi connectivity index (χ0n) is 12.5. The maximum absolute atomic E-state index is 13.2. The van der Waals surface area contributed by atoms with Gasteiger partial charge in [-0.2, -0.15) is 0 Å². The first-order valence-electron chi connectivity index (χ1n) is 7.46. The highest BCUT2D eigenvalue weighted by atomic mass is 32.2. The molecule has 1 aromatic heterocycles. The molecule has 1 aromatic carbocycles. The van der Waals surface area contributed by atoms with Crippen molar-refractivity contribution in [1.29, 1.82) is 0 Å². The number of benzene rings is 1. The number of imidazole rings is 1. The molecule has 1 fully saturated rings. The van der Waals surface area contributed by atoms with E-state index in [1.54, 1.807) is 6.07 Å². The number of aromatic nitrogens is 2. The molecule has 1 N–H and O–H groups in total. The van der Waals surface area contributed by atoms with Gasteiger partial charge in [-0.25, -0.2) is 17.8 Å². The molecule has 2 aromatic rings. The Kier molecular flexibility index (Phi) is 4.18. The van der Waals surface area contributed by atoms with Crippen LogP contribution in [0.3, 0.4) is 0 Å². The Bertz CT molecular complexity index is 764. The second-order valence-corrected chi connectivity index (χ2v) is 8.29. The van der Waals surface area contributed by atoms with Crippen molar-refractivity contribution in [2.24, 2.45) is 0 Å². The molecule has 5 nitrogen and oxygen atoms in total. The Hall–Kier alpha value is -1.47. The number of rotatable bonds is 4. The lowest BCUT2D eigenvalue weighted by molar-refractivity contribution is 0.220. The molecule has 1 saturated heterocycles. The summed E-state index contributed by atoms with van der Waals surface area (Å²) in [7, 11) is -2.91. The highest BCUT2D eigenvalue weighted by Gasteiger charge is 2.23. The molecule has 0 spiro atoms. The first kappa shape index (κ1) is 15.4. The van der Waals surface area contributed by atoms with Crippen molar-refractivity contribution in [2.75, 3.05) is 31.6 Å². The van der Waals surface area contributed by atoms with Gasteiger partial charge in [0.25, 0.3) is 0 Å². The Balaban J connectivity index is 1.62. The van der Waals surface area contributed by atoms with Crippen LogP contribution in [0.2, 0.25) is 0 Å². The van der Waals surface area contributed by atoms with E-state index in [0.717, 1.165) is 42.8 Å². The summed E-state index contributed by atoms with van der Waals surface area (Å²) in [6.07, 6.45) is 3.14. The van der Waals surface area contributed by atoms with Gasteiger partial charge in [-0.3, -0.25) is 0 Å². The molecular formula is C15H20FN3O2S. The highest BCUT2D eigenvalue weighted by molar-refractivity contribution is 7.90. The van der Waals surface area contributed by atoms with Gasteiger partial charge in [-0.1, -0.05) is 0 Å². The third kappa shape index (κ3) is 3.64. The lowest BCUT2D eigenvalue weighted by atomic mass is 9.96. The fraction of sp³-hybridized carbons (Fsp3) is 0.533. The number of fused-ring (bicyclic) bond motifs is 1. The van der Waals surface area contributed by atoms with Gasteiger partial charge < -0.3 is 9.88 Å². The van der Waals surface area contributed by atoms with Gasteiger partial charge in [0.2, 0.25) is 0 Å². The van der Waals surface area contributed by atoms with E-state index in [1.165, 1.54) is 18.4 Å². The lowest BCUT2D eigenvalue weighted by Gasteiger charge is -2.30. The van der Waals surface area contributed by atoms with Crippen LogP contribution in [0.4, 0.5) is 4.39 Å². The van der Waals surface area contributed by atoms with E-state index in [2.05, 4.69) is 14.9 Å². The van der Waals surface area contributed by atoms with Crippen molar-refractivity contribution in [2.45, 2.75) is 18.8 Å². The van der Waals surface area contributed by atoms with Gasteiger partial charge in [0.05, 0.1) is 16.8 Å². The minimum Gasteiger partial charge on any atom is -0.342 e. The second-order valence-electron chi connectivity index (χ2n) is 6.03. The average Bonchev–Trinajstić information content (AvgIpc) is 2.88. The molecule has 0 atom stereocenters. The number of nitrogens with zero attached hydrogens (tertiary/aromatic N) is 2. The molecule has 0 saturated carbocycles. The van der Waals surface area contributed by atoms with E-state index < -0.39 is 9.84 Å². The highest BCUT2D eigenvalue weighted by Crippen LogP contribution is 2.27. The molecule has 0 unspecified atom stereocenters. The zero-order chi connectivity index (χ0) is 15.7. The van der Waals surface area contributed by atoms with Gasteiger partial charge in [-0.15, -0.1) is 0 Å². The number of sulfone groups is 1. The molecule has 0 amide bonds. The minimum absolute atomic E-state index is 0.210. The molecule has 3 rings (SSSR count). The van der Waals surface area contributed by atoms with Crippen LogP contribution in [0.25, 0.3) is 11.0 Å². The van der Waals surface area contributed by atoms with Crippen LogP contribution in [-0.4, -0.2) is 54.9 Å². The van der Waals surface area contributed by atoms with Crippen molar-refractivity contribution in [3.05, 3.63) is 29.8 Å². The number of likely N-dealkylation sites (tertiary alicyclic amines) is 1. The number of halogens is 1. The van der Waals surface area contributed by atoms with Gasteiger partial charge in [0, 0.05) is 18.7 Å². The number of hydrogen-bond acceptors (Lipinski definition) is 4. The standard InChI is InChI=1S/C15H20FN3O2S/c1-22(20,21)9-8-19-6-4-11(5-7-19)15-17-13-3-2-12(16)10-14(13)18-15/h2-3,10-11H,4-9H2,1H3,(H,17,18). The first-order chi connectivity index (χ1) is 10.4. The summed E-state index contributed by atoms with van der Waals surface area (Å²) in [6.45, 7) is 2.33. The van der Waals surface area contributed by atoms with E-state index in [1.807, 2.05) is 0 Å². The average molecular weight is 325 g/mol. The molecule has 0 bridgehead atoms. The van der Waals surface area contributed by atoms with Crippen LogP contribution in [0.15, 0.2) is 18.2 Å². The molecule has 1 aliphatic heterocycles. The smallest absolute Gasteiger partial charge is 0.148 e. The second kappa shape index (κ2) is 5.96. The summed E-state index contributed by atoms with van der Waals surface area (Å²) in [4.78, 5) is 9.94. The third-order valence-electron chi connectivity index (χ3n) is 4.21. The minimum atomic E-state index is -2.91. The van der Waals surface area contributed by atoms with Crippen LogP contribution in [-0.2, 0) is 9.84 Å². The first-order valence-corrected chi connectivity index (χ1v) is 9.52. The van der Waals surface area contributed by atoms with Crippen LogP contribution >= 0.6 is 0 Å². The topological polar surface area (TPSA) is 66.1 Å². The summed E-state index contributed by atoms with van der Waals surface area (Å²) in [5.74, 6) is 1.17. The van der Waals surface area contributed by atoms with Crippen LogP contribution in [0.1, 0.15) is 24.6 Å². The van der Waals surface area contributed by atoms with Crippen molar-refractivity contribution in [1.82, 2.24) is 14.9 Å². The molecule has 120 valence electrons. The van der Waals surface area contributed by atoms with Gasteiger partial charge >= 0.3 is 0 Å². The molecular weight excluding hydrogens is 305 g/mol. The number of aromatic amines is 1. The number of nitrogens with one attached hydrogen (secondary N) is 1. The summed E-state index contributed by atoms with van der Waals surface area (Å²) < 4.78 is 35.6. The summed E-state index contributed by atoms with van der Waals surface area (Å²) in [5.41, 5.74) is 1.52. The number of hydrogen-bond donors (Lipinski definition) is 1. The van der Waals surface area contributed by atoms with E-state index in [-0.39, 0.29) is 11.6 Å². The predicted molar refractivity (Wildman–Crippen MR) is 84.2 cm³/mol. The fourth-order valence-corrected chi connectivity index (χ4v) is 3.51. The molecule has 1 aliphatic rings. The SMILES string of the molecule is CS(=O)(=O)CCN1CCC(c2nc3ccc(F)cc3[nH]2)CC1. The Morgan fingerprint density at radius 1 is 1.36 bits per heavy atom. The Morgan fingerprint density at radius 2 is 2.09 bits per heavy atom. The lowest BCUT2D eigenvalue weighted by Crippen LogP contribution is -2.36. The predicted octanol–water partition coefficient (Wildman–Crippen LogP) is 1.93. The van der Waals surface area contributed by atoms with E-state index >= 15 is 0 Å². The van der Waals surface area contributed by atoms with Gasteiger partial charge in [-0.05, 0) is 44.1 Å². The molecule has 7 heteroatoms. The Labute approximate surface area is 129 Å².